The second-order valence-electron chi connectivity index (χ2n) is 7.16. The van der Waals surface area contributed by atoms with Gasteiger partial charge < -0.3 is 14.7 Å². The van der Waals surface area contributed by atoms with Crippen LogP contribution in [0.15, 0.2) is 15.7 Å². The number of hydrogen-bond donors (Lipinski definition) is 2. The van der Waals surface area contributed by atoms with Crippen LogP contribution in [0.3, 0.4) is 0 Å². The zero-order valence-corrected chi connectivity index (χ0v) is 14.6. The summed E-state index contributed by atoms with van der Waals surface area (Å²) in [6.45, 7) is 1.30. The zero-order valence-electron chi connectivity index (χ0n) is 14.6. The van der Waals surface area contributed by atoms with E-state index in [-0.39, 0.29) is 30.6 Å². The highest BCUT2D eigenvalue weighted by atomic mass is 19.1. The number of benzene rings is 1. The summed E-state index contributed by atoms with van der Waals surface area (Å²) < 4.78 is 21.9. The predicted octanol–water partition coefficient (Wildman–Crippen LogP) is 1.13. The van der Waals surface area contributed by atoms with Crippen LogP contribution in [-0.4, -0.2) is 41.5 Å². The molecule has 1 unspecified atom stereocenters. The van der Waals surface area contributed by atoms with Crippen LogP contribution < -0.4 is 16.1 Å². The minimum atomic E-state index is -0.584. The number of anilines is 1. The maximum atomic E-state index is 15.0. The highest BCUT2D eigenvalue weighted by Crippen LogP contribution is 2.39. The van der Waals surface area contributed by atoms with Crippen LogP contribution in [0, 0.1) is 11.7 Å². The number of aromatic nitrogens is 2. The second kappa shape index (κ2) is 6.51. The average molecular weight is 363 g/mol. The molecule has 2 heterocycles. The Balaban J connectivity index is 2.02. The topological polar surface area (TPSA) is 87.6 Å². The van der Waals surface area contributed by atoms with E-state index in [0.29, 0.717) is 29.9 Å². The van der Waals surface area contributed by atoms with Crippen molar-refractivity contribution < 1.29 is 14.2 Å². The van der Waals surface area contributed by atoms with Gasteiger partial charge in [-0.15, -0.1) is 0 Å². The molecular formula is C18H22FN3O4. The van der Waals surface area contributed by atoms with Crippen LogP contribution in [0.5, 0.6) is 0 Å². The molecule has 0 radical (unpaired) electrons. The molecule has 4 rings (SSSR count). The minimum Gasteiger partial charge on any atom is -0.396 e. The summed E-state index contributed by atoms with van der Waals surface area (Å²) >= 11 is 0. The van der Waals surface area contributed by atoms with E-state index in [2.05, 4.69) is 4.98 Å². The fraction of sp³-hybridized carbons (Fsp3) is 0.556. The van der Waals surface area contributed by atoms with E-state index in [1.165, 1.54) is 13.2 Å². The second-order valence-corrected chi connectivity index (χ2v) is 7.16. The summed E-state index contributed by atoms with van der Waals surface area (Å²) in [5, 5.41) is 9.58. The number of nitrogens with zero attached hydrogens (tertiary/aromatic N) is 2. The molecule has 26 heavy (non-hydrogen) atoms. The van der Waals surface area contributed by atoms with Gasteiger partial charge in [-0.05, 0) is 25.3 Å². The maximum absolute atomic E-state index is 15.0. The van der Waals surface area contributed by atoms with Crippen LogP contribution in [0.25, 0.3) is 10.9 Å². The van der Waals surface area contributed by atoms with Gasteiger partial charge >= 0.3 is 5.69 Å². The quantitative estimate of drug-likeness (QED) is 0.832. The van der Waals surface area contributed by atoms with Crippen molar-refractivity contribution >= 4 is 16.6 Å². The number of aliphatic hydroxyl groups excluding tert-OH is 1. The molecule has 1 aliphatic heterocycles. The number of H-pyrrole nitrogens is 1. The molecule has 8 heteroatoms. The van der Waals surface area contributed by atoms with Gasteiger partial charge in [0.15, 0.2) is 0 Å². The van der Waals surface area contributed by atoms with Crippen molar-refractivity contribution in [2.24, 2.45) is 5.92 Å². The lowest BCUT2D eigenvalue weighted by molar-refractivity contribution is 0.185. The molecule has 2 N–H and O–H groups in total. The third-order valence-electron chi connectivity index (χ3n) is 5.31. The average Bonchev–Trinajstić information content (AvgIpc) is 3.33. The van der Waals surface area contributed by atoms with Gasteiger partial charge in [-0.2, -0.15) is 0 Å². The zero-order chi connectivity index (χ0) is 18.4. The van der Waals surface area contributed by atoms with E-state index in [4.69, 9.17) is 4.74 Å². The van der Waals surface area contributed by atoms with Crippen molar-refractivity contribution in [1.29, 1.82) is 0 Å². The molecule has 7 nitrogen and oxygen atoms in total. The summed E-state index contributed by atoms with van der Waals surface area (Å²) in [6, 6.07) is 1.24. The maximum Gasteiger partial charge on any atom is 0.329 e. The first-order valence-corrected chi connectivity index (χ1v) is 8.89. The lowest BCUT2D eigenvalue weighted by atomic mass is 10.1. The van der Waals surface area contributed by atoms with E-state index in [1.807, 2.05) is 4.90 Å². The number of aromatic amines is 1. The smallest absolute Gasteiger partial charge is 0.329 e. The lowest BCUT2D eigenvalue weighted by Gasteiger charge is -2.25. The van der Waals surface area contributed by atoms with Gasteiger partial charge in [-0.1, -0.05) is 0 Å². The van der Waals surface area contributed by atoms with Gasteiger partial charge in [0, 0.05) is 44.3 Å². The molecule has 1 aliphatic carbocycles. The number of ether oxygens (including phenoxy) is 1. The molecule has 0 spiro atoms. The number of halogens is 1. The molecule has 2 aliphatic rings. The third-order valence-corrected chi connectivity index (χ3v) is 5.31. The van der Waals surface area contributed by atoms with Crippen molar-refractivity contribution in [3.63, 3.8) is 0 Å². The number of fused-ring (bicyclic) bond motifs is 1. The van der Waals surface area contributed by atoms with Crippen molar-refractivity contribution in [1.82, 2.24) is 9.55 Å². The van der Waals surface area contributed by atoms with E-state index in [0.717, 1.165) is 19.3 Å². The fourth-order valence-electron chi connectivity index (χ4n) is 3.95. The van der Waals surface area contributed by atoms with Gasteiger partial charge in [-0.3, -0.25) is 14.3 Å². The van der Waals surface area contributed by atoms with Gasteiger partial charge in [0.05, 0.1) is 23.2 Å². The van der Waals surface area contributed by atoms with Crippen LogP contribution in [0.2, 0.25) is 0 Å². The van der Waals surface area contributed by atoms with Gasteiger partial charge in [0.25, 0.3) is 5.56 Å². The van der Waals surface area contributed by atoms with Crippen LogP contribution in [0.1, 0.15) is 30.9 Å². The van der Waals surface area contributed by atoms with Crippen molar-refractivity contribution in [3.8, 4) is 0 Å². The molecule has 1 saturated carbocycles. The first-order valence-electron chi connectivity index (χ1n) is 8.89. The highest BCUT2D eigenvalue weighted by molar-refractivity contribution is 5.87. The van der Waals surface area contributed by atoms with E-state index >= 15 is 4.39 Å². The Kier molecular flexibility index (Phi) is 4.32. The van der Waals surface area contributed by atoms with Crippen molar-refractivity contribution in [2.45, 2.75) is 31.9 Å². The molecule has 0 bridgehead atoms. The normalized spacial score (nSPS) is 20.3. The Labute approximate surface area is 149 Å². The molecule has 0 amide bonds. The molecular weight excluding hydrogens is 341 g/mol. The van der Waals surface area contributed by atoms with Gasteiger partial charge in [0.2, 0.25) is 0 Å². The molecule has 1 atom stereocenters. The van der Waals surface area contributed by atoms with Crippen molar-refractivity contribution in [3.05, 3.63) is 38.3 Å². The molecule has 1 saturated heterocycles. The van der Waals surface area contributed by atoms with E-state index in [9.17, 15) is 14.7 Å². The number of hydrogen-bond acceptors (Lipinski definition) is 5. The first kappa shape index (κ1) is 17.2. The summed E-state index contributed by atoms with van der Waals surface area (Å²) in [4.78, 5) is 28.9. The standard InChI is InChI=1S/C18H22FN3O4/c1-26-9-13-15-12(17(24)20-18(25)22(15)11-2-3-11)6-14(19)16(13)21-5-4-10(7-21)8-23/h6,10-11,23H,2-5,7-9H2,1H3,(H,20,24,25). The Bertz CT molecular complexity index is 964. The fourth-order valence-corrected chi connectivity index (χ4v) is 3.95. The SMILES string of the molecule is COCc1c(N2CCC(CO)C2)c(F)cc2c(=O)[nH]c(=O)n(C3CC3)c12. The first-order chi connectivity index (χ1) is 12.5. The monoisotopic (exact) mass is 363 g/mol. The number of methoxy groups -OCH3 is 1. The van der Waals surface area contributed by atoms with Crippen LogP contribution in [0.4, 0.5) is 10.1 Å². The molecule has 2 fully saturated rings. The number of nitrogens with one attached hydrogen (secondary N) is 1. The largest absolute Gasteiger partial charge is 0.396 e. The Morgan fingerprint density at radius 3 is 2.73 bits per heavy atom. The predicted molar refractivity (Wildman–Crippen MR) is 95.2 cm³/mol. The summed E-state index contributed by atoms with van der Waals surface area (Å²) in [6.07, 6.45) is 2.48. The summed E-state index contributed by atoms with van der Waals surface area (Å²) in [7, 11) is 1.51. The molecule has 2 aromatic rings. The van der Waals surface area contributed by atoms with Gasteiger partial charge in [-0.25, -0.2) is 9.18 Å². The Hall–Kier alpha value is -2.19. The van der Waals surface area contributed by atoms with Crippen molar-refractivity contribution in [2.75, 3.05) is 31.7 Å². The molecule has 140 valence electrons. The van der Waals surface area contributed by atoms with E-state index in [1.54, 1.807) is 4.57 Å². The number of aliphatic hydroxyl groups is 1. The van der Waals surface area contributed by atoms with Crippen LogP contribution in [-0.2, 0) is 11.3 Å². The molecule has 1 aromatic carbocycles. The molecule has 1 aromatic heterocycles. The minimum absolute atomic E-state index is 0.0273. The summed E-state index contributed by atoms with van der Waals surface area (Å²) in [5.74, 6) is -0.417. The van der Waals surface area contributed by atoms with Gasteiger partial charge in [0.1, 0.15) is 5.82 Å². The van der Waals surface area contributed by atoms with Crippen LogP contribution >= 0.6 is 0 Å². The Morgan fingerprint density at radius 1 is 1.35 bits per heavy atom. The Morgan fingerprint density at radius 2 is 2.12 bits per heavy atom. The third kappa shape index (κ3) is 2.73. The highest BCUT2D eigenvalue weighted by Gasteiger charge is 2.32. The lowest BCUT2D eigenvalue weighted by Crippen LogP contribution is -2.32. The summed E-state index contributed by atoms with van der Waals surface area (Å²) in [5.41, 5.74) is 0.312. The number of rotatable bonds is 5. The van der Waals surface area contributed by atoms with E-state index < -0.39 is 17.1 Å².